The van der Waals surface area contributed by atoms with Crippen LogP contribution in [0, 0.1) is 25.7 Å². The normalized spacial score (nSPS) is 23.9. The van der Waals surface area contributed by atoms with Crippen LogP contribution in [0.25, 0.3) is 0 Å². The van der Waals surface area contributed by atoms with Crippen LogP contribution < -0.4 is 10.1 Å². The van der Waals surface area contributed by atoms with Gasteiger partial charge in [0, 0.05) is 24.8 Å². The van der Waals surface area contributed by atoms with Crippen LogP contribution in [0.15, 0.2) is 17.3 Å². The molecule has 9 nitrogen and oxygen atoms in total. The minimum atomic E-state index is -0.834. The number of nitrogens with one attached hydrogen (secondary N) is 1. The van der Waals surface area contributed by atoms with Crippen molar-refractivity contribution in [1.29, 1.82) is 0 Å². The average molecular weight is 542 g/mol. The van der Waals surface area contributed by atoms with Gasteiger partial charge in [0.15, 0.2) is 5.60 Å². The summed E-state index contributed by atoms with van der Waals surface area (Å²) < 4.78 is 10.6. The fourth-order valence-corrected chi connectivity index (χ4v) is 6.41. The summed E-state index contributed by atoms with van der Waals surface area (Å²) in [6, 6.07) is 2.48. The first kappa shape index (κ1) is 28.9. The van der Waals surface area contributed by atoms with Gasteiger partial charge < -0.3 is 24.5 Å². The van der Waals surface area contributed by atoms with Crippen molar-refractivity contribution in [3.8, 4) is 5.75 Å². The third-order valence-corrected chi connectivity index (χ3v) is 8.44. The monoisotopic (exact) mass is 541 g/mol. The molecule has 0 bridgehead atoms. The van der Waals surface area contributed by atoms with E-state index in [0.717, 1.165) is 53.8 Å². The lowest BCUT2D eigenvalue weighted by molar-refractivity contribution is -0.152. The molecule has 0 aromatic heterocycles. The molecular weight excluding hydrogens is 498 g/mol. The predicted octanol–water partition coefficient (Wildman–Crippen LogP) is 4.06. The lowest BCUT2D eigenvalue weighted by atomic mass is 9.86. The number of hydrogen-bond donors (Lipinski definition) is 1. The standard InChI is InChI=1S/C30H43N3O6/c1-18(2)26(31-25(34)14-21-10-8-7-9-11-21)28(35)33-17-30(16-24(33)29(36)38-6)15-23(32-39-30)22-12-19(3)27(37-5)20(4)13-22/h12-13,18,21,24,26H,7-11,14-17H2,1-6H3,(H,31,34)/t24-,26-,30+/m0/s1. The van der Waals surface area contributed by atoms with Crippen molar-refractivity contribution >= 4 is 23.5 Å². The Morgan fingerprint density at radius 1 is 1.13 bits per heavy atom. The largest absolute Gasteiger partial charge is 0.496 e. The number of oxime groups is 1. The van der Waals surface area contributed by atoms with Crippen LogP contribution in [0.3, 0.4) is 0 Å². The molecule has 2 amide bonds. The van der Waals surface area contributed by atoms with Gasteiger partial charge in [-0.2, -0.15) is 0 Å². The third-order valence-electron chi connectivity index (χ3n) is 8.44. The number of ether oxygens (including phenoxy) is 2. The van der Waals surface area contributed by atoms with Gasteiger partial charge in [-0.1, -0.05) is 38.3 Å². The summed E-state index contributed by atoms with van der Waals surface area (Å²) in [6.45, 7) is 7.97. The molecule has 2 heterocycles. The Balaban J connectivity index is 1.50. The molecule has 1 N–H and O–H groups in total. The topological polar surface area (TPSA) is 107 Å². The van der Waals surface area contributed by atoms with Gasteiger partial charge >= 0.3 is 5.97 Å². The number of nitrogens with zero attached hydrogens (tertiary/aromatic N) is 2. The molecule has 0 unspecified atom stereocenters. The highest BCUT2D eigenvalue weighted by atomic mass is 16.7. The van der Waals surface area contributed by atoms with Crippen molar-refractivity contribution in [2.45, 2.75) is 96.7 Å². The highest BCUT2D eigenvalue weighted by Crippen LogP contribution is 2.40. The van der Waals surface area contributed by atoms with Crippen LogP contribution in [-0.4, -0.2) is 66.8 Å². The number of likely N-dealkylation sites (tertiary alicyclic amines) is 1. The van der Waals surface area contributed by atoms with E-state index in [4.69, 9.17) is 14.3 Å². The fraction of sp³-hybridized carbons (Fsp3) is 0.667. The van der Waals surface area contributed by atoms with Crippen LogP contribution in [0.1, 0.15) is 81.9 Å². The molecule has 0 radical (unpaired) electrons. The van der Waals surface area contributed by atoms with Gasteiger partial charge in [-0.05, 0) is 61.8 Å². The van der Waals surface area contributed by atoms with Gasteiger partial charge in [0.25, 0.3) is 0 Å². The predicted molar refractivity (Wildman–Crippen MR) is 148 cm³/mol. The fourth-order valence-electron chi connectivity index (χ4n) is 6.41. The summed E-state index contributed by atoms with van der Waals surface area (Å²) in [5.74, 6) is 0.162. The number of methoxy groups -OCH3 is 2. The Labute approximate surface area is 231 Å². The molecule has 3 aliphatic rings. The number of carbonyl (C=O) groups excluding carboxylic acids is 3. The van der Waals surface area contributed by atoms with Crippen molar-refractivity contribution in [2.24, 2.45) is 17.0 Å². The van der Waals surface area contributed by atoms with Crippen LogP contribution in [0.4, 0.5) is 0 Å². The molecule has 39 heavy (non-hydrogen) atoms. The number of carbonyl (C=O) groups is 3. The molecule has 4 rings (SSSR count). The van der Waals surface area contributed by atoms with Crippen molar-refractivity contribution < 1.29 is 28.7 Å². The first-order valence-electron chi connectivity index (χ1n) is 14.2. The summed E-state index contributed by atoms with van der Waals surface area (Å²) in [6.07, 6.45) is 6.80. The zero-order valence-electron chi connectivity index (χ0n) is 24.2. The van der Waals surface area contributed by atoms with E-state index in [1.807, 2.05) is 39.8 Å². The minimum absolute atomic E-state index is 0.106. The lowest BCUT2D eigenvalue weighted by Gasteiger charge is -2.30. The number of aryl methyl sites for hydroxylation is 2. The summed E-state index contributed by atoms with van der Waals surface area (Å²) in [4.78, 5) is 47.2. The van der Waals surface area contributed by atoms with Crippen LogP contribution in [0.2, 0.25) is 0 Å². The maximum absolute atomic E-state index is 13.9. The maximum Gasteiger partial charge on any atom is 0.328 e. The second kappa shape index (κ2) is 12.0. The SMILES string of the molecule is COC(=O)[C@@H]1C[C@]2(CC(c3cc(C)c(OC)c(C)c3)=NO2)CN1C(=O)[C@@H](NC(=O)CC1CCCCC1)C(C)C. The second-order valence-electron chi connectivity index (χ2n) is 11.8. The van der Waals surface area contributed by atoms with Crippen molar-refractivity contribution in [3.63, 3.8) is 0 Å². The number of benzene rings is 1. The first-order valence-corrected chi connectivity index (χ1v) is 14.2. The zero-order valence-corrected chi connectivity index (χ0v) is 24.2. The van der Waals surface area contributed by atoms with E-state index in [1.165, 1.54) is 18.4 Å². The molecule has 9 heteroatoms. The molecule has 1 aromatic rings. The van der Waals surface area contributed by atoms with Gasteiger partial charge in [0.2, 0.25) is 11.8 Å². The van der Waals surface area contributed by atoms with E-state index < -0.39 is 23.7 Å². The van der Waals surface area contributed by atoms with Gasteiger partial charge in [-0.3, -0.25) is 9.59 Å². The highest BCUT2D eigenvalue weighted by Gasteiger charge is 2.55. The van der Waals surface area contributed by atoms with Gasteiger partial charge in [-0.15, -0.1) is 0 Å². The summed E-state index contributed by atoms with van der Waals surface area (Å²) >= 11 is 0. The third kappa shape index (κ3) is 6.23. The molecule has 1 aliphatic carbocycles. The smallest absolute Gasteiger partial charge is 0.328 e. The Morgan fingerprint density at radius 2 is 1.79 bits per heavy atom. The Hall–Kier alpha value is -3.10. The average Bonchev–Trinajstić information content (AvgIpc) is 3.50. The lowest BCUT2D eigenvalue weighted by Crippen LogP contribution is -2.54. The molecule has 1 spiro atoms. The Kier molecular flexibility index (Phi) is 8.86. The van der Waals surface area contributed by atoms with E-state index in [2.05, 4.69) is 10.5 Å². The minimum Gasteiger partial charge on any atom is -0.496 e. The molecule has 3 atom stereocenters. The number of hydrogen-bond acceptors (Lipinski definition) is 7. The van der Waals surface area contributed by atoms with E-state index >= 15 is 0 Å². The van der Waals surface area contributed by atoms with Gasteiger partial charge in [0.05, 0.1) is 26.5 Å². The van der Waals surface area contributed by atoms with Crippen LogP contribution in [-0.2, 0) is 24.0 Å². The maximum atomic E-state index is 13.9. The molecule has 1 saturated heterocycles. The zero-order chi connectivity index (χ0) is 28.3. The molecule has 214 valence electrons. The molecule has 2 aliphatic heterocycles. The summed E-state index contributed by atoms with van der Waals surface area (Å²) in [5, 5.41) is 7.39. The Morgan fingerprint density at radius 3 is 2.38 bits per heavy atom. The van der Waals surface area contributed by atoms with Gasteiger partial charge in [0.1, 0.15) is 17.8 Å². The highest BCUT2D eigenvalue weighted by molar-refractivity contribution is 6.02. The van der Waals surface area contributed by atoms with E-state index in [1.54, 1.807) is 7.11 Å². The summed E-state index contributed by atoms with van der Waals surface area (Å²) in [5.41, 5.74) is 2.85. The first-order chi connectivity index (χ1) is 18.6. The quantitative estimate of drug-likeness (QED) is 0.498. The number of rotatable bonds is 8. The molecule has 1 saturated carbocycles. The van der Waals surface area contributed by atoms with Crippen LogP contribution >= 0.6 is 0 Å². The van der Waals surface area contributed by atoms with E-state index in [9.17, 15) is 14.4 Å². The molecular formula is C30H43N3O6. The molecule has 1 aromatic carbocycles. The Bertz CT molecular complexity index is 1100. The number of amides is 2. The summed E-state index contributed by atoms with van der Waals surface area (Å²) in [7, 11) is 2.97. The van der Waals surface area contributed by atoms with Crippen molar-refractivity contribution in [3.05, 3.63) is 28.8 Å². The second-order valence-corrected chi connectivity index (χ2v) is 11.8. The molecule has 2 fully saturated rings. The number of esters is 1. The van der Waals surface area contributed by atoms with E-state index in [-0.39, 0.29) is 30.7 Å². The van der Waals surface area contributed by atoms with E-state index in [0.29, 0.717) is 18.8 Å². The van der Waals surface area contributed by atoms with Crippen LogP contribution in [0.5, 0.6) is 5.75 Å². The van der Waals surface area contributed by atoms with Crippen molar-refractivity contribution in [2.75, 3.05) is 20.8 Å². The van der Waals surface area contributed by atoms with Crippen molar-refractivity contribution in [1.82, 2.24) is 10.2 Å². The van der Waals surface area contributed by atoms with Gasteiger partial charge in [-0.25, -0.2) is 4.79 Å².